The smallest absolute Gasteiger partial charge is 0.244 e. The summed E-state index contributed by atoms with van der Waals surface area (Å²) in [5, 5.41) is 2.22. The molecule has 6 nitrogen and oxygen atoms in total. The Kier molecular flexibility index (Phi) is 4.43. The Morgan fingerprint density at radius 1 is 1.37 bits per heavy atom. The molecule has 0 aliphatic heterocycles. The Morgan fingerprint density at radius 3 is 2.47 bits per heavy atom. The molecule has 106 valence electrons. The topological polar surface area (TPSA) is 101 Å². The number of rotatable bonds is 4. The van der Waals surface area contributed by atoms with Gasteiger partial charge in [-0.25, -0.2) is 17.2 Å². The molecular weight excluding hydrogens is 280 g/mol. The summed E-state index contributed by atoms with van der Waals surface area (Å²) in [6, 6.07) is 0.298. The van der Waals surface area contributed by atoms with Gasteiger partial charge in [0.1, 0.15) is 4.90 Å². The maximum absolute atomic E-state index is 13.5. The summed E-state index contributed by atoms with van der Waals surface area (Å²) < 4.78 is 52.2. The number of nitrogens with two attached hydrogens (primary N) is 1. The summed E-state index contributed by atoms with van der Waals surface area (Å²) in [4.78, 5) is 10.3. The number of halogens is 2. The lowest BCUT2D eigenvalue weighted by molar-refractivity contribution is -0.121. The third-order valence-electron chi connectivity index (χ3n) is 2.28. The van der Waals surface area contributed by atoms with Crippen LogP contribution in [0.15, 0.2) is 17.0 Å². The van der Waals surface area contributed by atoms with Crippen molar-refractivity contribution in [3.05, 3.63) is 23.8 Å². The molecule has 1 atom stereocenters. The lowest BCUT2D eigenvalue weighted by Gasteiger charge is -2.13. The van der Waals surface area contributed by atoms with Crippen molar-refractivity contribution in [2.75, 3.05) is 12.8 Å². The fourth-order valence-electron chi connectivity index (χ4n) is 1.35. The zero-order valence-electron chi connectivity index (χ0n) is 10.2. The average molecular weight is 293 g/mol. The van der Waals surface area contributed by atoms with Crippen LogP contribution in [0.1, 0.15) is 6.92 Å². The molecule has 19 heavy (non-hydrogen) atoms. The minimum Gasteiger partial charge on any atom is -0.399 e. The minimum atomic E-state index is -4.40. The van der Waals surface area contributed by atoms with Crippen LogP contribution >= 0.6 is 0 Å². The van der Waals surface area contributed by atoms with Gasteiger partial charge in [0.05, 0.1) is 6.04 Å². The number of hydrogen-bond acceptors (Lipinski definition) is 4. The molecule has 1 aromatic carbocycles. The van der Waals surface area contributed by atoms with Gasteiger partial charge in [-0.2, -0.15) is 4.72 Å². The van der Waals surface area contributed by atoms with Crippen molar-refractivity contribution in [3.8, 4) is 0 Å². The SMILES string of the molecule is CNC(=O)C(C)NS(=O)(=O)c1cc(N)cc(F)c1F. The van der Waals surface area contributed by atoms with E-state index in [1.165, 1.54) is 14.0 Å². The van der Waals surface area contributed by atoms with Gasteiger partial charge in [-0.3, -0.25) is 4.79 Å². The third-order valence-corrected chi connectivity index (χ3v) is 3.82. The number of carbonyl (C=O) groups is 1. The maximum Gasteiger partial charge on any atom is 0.244 e. The predicted molar refractivity (Wildman–Crippen MR) is 64.6 cm³/mol. The average Bonchev–Trinajstić information content (AvgIpc) is 2.31. The molecule has 1 unspecified atom stereocenters. The first-order valence-corrected chi connectivity index (χ1v) is 6.65. The van der Waals surface area contributed by atoms with Gasteiger partial charge >= 0.3 is 0 Å². The van der Waals surface area contributed by atoms with Gasteiger partial charge in [0.2, 0.25) is 15.9 Å². The van der Waals surface area contributed by atoms with Gasteiger partial charge in [0.25, 0.3) is 0 Å². The molecule has 0 aliphatic rings. The van der Waals surface area contributed by atoms with Gasteiger partial charge in [-0.05, 0) is 19.1 Å². The first kappa shape index (κ1) is 15.3. The van der Waals surface area contributed by atoms with Crippen LogP contribution in [-0.2, 0) is 14.8 Å². The molecule has 0 bridgehead atoms. The number of sulfonamides is 1. The van der Waals surface area contributed by atoms with E-state index in [2.05, 4.69) is 5.32 Å². The molecule has 9 heteroatoms. The Morgan fingerprint density at radius 2 is 1.95 bits per heavy atom. The highest BCUT2D eigenvalue weighted by atomic mass is 32.2. The Bertz CT molecular complexity index is 604. The molecule has 1 rings (SSSR count). The molecule has 0 aliphatic carbocycles. The quantitative estimate of drug-likeness (QED) is 0.678. The van der Waals surface area contributed by atoms with E-state index in [4.69, 9.17) is 5.73 Å². The van der Waals surface area contributed by atoms with Crippen LogP contribution in [0.3, 0.4) is 0 Å². The van der Waals surface area contributed by atoms with Crippen molar-refractivity contribution in [1.82, 2.24) is 10.0 Å². The largest absolute Gasteiger partial charge is 0.399 e. The van der Waals surface area contributed by atoms with E-state index in [1.54, 1.807) is 0 Å². The molecule has 0 radical (unpaired) electrons. The second-order valence-electron chi connectivity index (χ2n) is 3.77. The first-order chi connectivity index (χ1) is 8.69. The number of likely N-dealkylation sites (N-methyl/N-ethyl adjacent to an activating group) is 1. The fraction of sp³-hybridized carbons (Fsp3) is 0.300. The van der Waals surface area contributed by atoms with Crippen LogP contribution in [0.4, 0.5) is 14.5 Å². The highest BCUT2D eigenvalue weighted by Crippen LogP contribution is 2.21. The second-order valence-corrected chi connectivity index (χ2v) is 5.45. The first-order valence-electron chi connectivity index (χ1n) is 5.17. The number of anilines is 1. The van der Waals surface area contributed by atoms with E-state index in [0.717, 1.165) is 6.07 Å². The molecule has 0 fully saturated rings. The number of hydrogen-bond donors (Lipinski definition) is 3. The standard InChI is InChI=1S/C10H13F2N3O3S/c1-5(10(16)14-2)15-19(17,18)8-4-6(13)3-7(11)9(8)12/h3-5,15H,13H2,1-2H3,(H,14,16). The molecular formula is C10H13F2N3O3S. The minimum absolute atomic E-state index is 0.244. The van der Waals surface area contributed by atoms with E-state index < -0.39 is 38.5 Å². The lowest BCUT2D eigenvalue weighted by Crippen LogP contribution is -2.43. The van der Waals surface area contributed by atoms with Crippen LogP contribution in [0.2, 0.25) is 0 Å². The van der Waals surface area contributed by atoms with Crippen molar-refractivity contribution in [2.24, 2.45) is 0 Å². The van der Waals surface area contributed by atoms with E-state index in [0.29, 0.717) is 6.07 Å². The highest BCUT2D eigenvalue weighted by Gasteiger charge is 2.26. The Hall–Kier alpha value is -1.74. The van der Waals surface area contributed by atoms with Crippen molar-refractivity contribution in [1.29, 1.82) is 0 Å². The summed E-state index contributed by atoms with van der Waals surface area (Å²) in [7, 11) is -3.08. The third kappa shape index (κ3) is 3.38. The van der Waals surface area contributed by atoms with E-state index in [-0.39, 0.29) is 5.69 Å². The van der Waals surface area contributed by atoms with Gasteiger partial charge in [-0.15, -0.1) is 0 Å². The highest BCUT2D eigenvalue weighted by molar-refractivity contribution is 7.89. The number of nitrogen functional groups attached to an aromatic ring is 1. The van der Waals surface area contributed by atoms with Gasteiger partial charge in [0.15, 0.2) is 11.6 Å². The van der Waals surface area contributed by atoms with Crippen LogP contribution in [0, 0.1) is 11.6 Å². The number of benzene rings is 1. The number of nitrogens with one attached hydrogen (secondary N) is 2. The molecule has 0 saturated carbocycles. The van der Waals surface area contributed by atoms with Gasteiger partial charge < -0.3 is 11.1 Å². The van der Waals surface area contributed by atoms with Crippen LogP contribution in [0.25, 0.3) is 0 Å². The monoisotopic (exact) mass is 293 g/mol. The summed E-state index contributed by atoms with van der Waals surface area (Å²) in [5.41, 5.74) is 5.02. The molecule has 0 saturated heterocycles. The van der Waals surface area contributed by atoms with Crippen LogP contribution in [0.5, 0.6) is 0 Å². The summed E-state index contributed by atoms with van der Waals surface area (Å²) >= 11 is 0. The number of carbonyl (C=O) groups excluding carboxylic acids is 1. The molecule has 1 aromatic rings. The Balaban J connectivity index is 3.18. The van der Waals surface area contributed by atoms with Crippen LogP contribution in [-0.4, -0.2) is 27.4 Å². The van der Waals surface area contributed by atoms with Crippen molar-refractivity contribution in [3.63, 3.8) is 0 Å². The van der Waals surface area contributed by atoms with Gasteiger partial charge in [-0.1, -0.05) is 0 Å². The van der Waals surface area contributed by atoms with Crippen molar-refractivity contribution >= 4 is 21.6 Å². The normalized spacial score (nSPS) is 13.1. The van der Waals surface area contributed by atoms with Crippen molar-refractivity contribution in [2.45, 2.75) is 17.9 Å². The molecule has 4 N–H and O–H groups in total. The summed E-state index contributed by atoms with van der Waals surface area (Å²) in [6.07, 6.45) is 0. The summed E-state index contributed by atoms with van der Waals surface area (Å²) in [5.74, 6) is -3.55. The van der Waals surface area contributed by atoms with Gasteiger partial charge in [0, 0.05) is 12.7 Å². The van der Waals surface area contributed by atoms with E-state index in [9.17, 15) is 22.0 Å². The zero-order chi connectivity index (χ0) is 14.8. The van der Waals surface area contributed by atoms with E-state index in [1.807, 2.05) is 4.72 Å². The second kappa shape index (κ2) is 5.49. The molecule has 1 amide bonds. The molecule has 0 spiro atoms. The zero-order valence-corrected chi connectivity index (χ0v) is 11.0. The maximum atomic E-state index is 13.5. The Labute approximate surface area is 109 Å². The van der Waals surface area contributed by atoms with E-state index >= 15 is 0 Å². The summed E-state index contributed by atoms with van der Waals surface area (Å²) in [6.45, 7) is 1.26. The molecule has 0 aromatic heterocycles. The number of amides is 1. The fourth-order valence-corrected chi connectivity index (χ4v) is 2.67. The van der Waals surface area contributed by atoms with Crippen LogP contribution < -0.4 is 15.8 Å². The lowest BCUT2D eigenvalue weighted by atomic mass is 10.3. The predicted octanol–water partition coefficient (Wildman–Crippen LogP) is -0.0402. The molecule has 0 heterocycles. The van der Waals surface area contributed by atoms with Crippen molar-refractivity contribution < 1.29 is 22.0 Å².